The second kappa shape index (κ2) is 10.1. The van der Waals surface area contributed by atoms with Crippen LogP contribution >= 0.6 is 0 Å². The Morgan fingerprint density at radius 1 is 1.11 bits per heavy atom. The van der Waals surface area contributed by atoms with Crippen LogP contribution in [0.4, 0.5) is 0 Å². The number of nitrogens with zero attached hydrogens (tertiary/aromatic N) is 1. The highest BCUT2D eigenvalue weighted by Crippen LogP contribution is 2.64. The number of aliphatic hydroxyl groups is 1. The summed E-state index contributed by atoms with van der Waals surface area (Å²) in [6.45, 7) is 7.61. The first-order chi connectivity index (χ1) is 17.3. The number of amides is 1. The fourth-order valence-corrected chi connectivity index (χ4v) is 9.06. The van der Waals surface area contributed by atoms with E-state index in [-0.39, 0.29) is 23.3 Å². The van der Waals surface area contributed by atoms with Gasteiger partial charge in [0, 0.05) is 12.5 Å². The number of nitriles is 1. The van der Waals surface area contributed by atoms with Gasteiger partial charge in [-0.25, -0.2) is 0 Å². The van der Waals surface area contributed by atoms with Crippen LogP contribution in [0.2, 0.25) is 0 Å². The third-order valence-electron chi connectivity index (χ3n) is 10.9. The minimum Gasteiger partial charge on any atom is -0.387 e. The molecule has 1 aromatic carbocycles. The molecular weight excluding hydrogens is 448 g/mol. The van der Waals surface area contributed by atoms with E-state index in [1.165, 1.54) is 25.7 Å². The van der Waals surface area contributed by atoms with Gasteiger partial charge in [-0.2, -0.15) is 5.26 Å². The maximum Gasteiger partial charge on any atom is 0.224 e. The highest BCUT2D eigenvalue weighted by atomic mass is 16.5. The molecular formula is C31H44N2O3. The zero-order valence-corrected chi connectivity index (χ0v) is 22.3. The predicted molar refractivity (Wildman–Crippen MR) is 140 cm³/mol. The predicted octanol–water partition coefficient (Wildman–Crippen LogP) is 5.77. The Hall–Kier alpha value is -1.90. The molecule has 196 valence electrons. The molecule has 2 N–H and O–H groups in total. The van der Waals surface area contributed by atoms with E-state index in [4.69, 9.17) is 10.00 Å². The Bertz CT molecular complexity index is 987. The van der Waals surface area contributed by atoms with Crippen LogP contribution in [0.25, 0.3) is 0 Å². The lowest BCUT2D eigenvalue weighted by Gasteiger charge is -2.57. The zero-order valence-electron chi connectivity index (χ0n) is 22.3. The fraction of sp³-hybridized carbons (Fsp3) is 0.742. The van der Waals surface area contributed by atoms with Crippen molar-refractivity contribution in [2.24, 2.45) is 40.9 Å². The van der Waals surface area contributed by atoms with Crippen LogP contribution in [0.5, 0.6) is 0 Å². The number of nitrogens with one attached hydrogen (secondary N) is 1. The minimum atomic E-state index is -0.630. The van der Waals surface area contributed by atoms with E-state index in [1.807, 2.05) is 38.1 Å². The van der Waals surface area contributed by atoms with E-state index in [0.29, 0.717) is 30.6 Å². The van der Waals surface area contributed by atoms with Gasteiger partial charge in [-0.1, -0.05) is 19.1 Å². The number of fused-ring (bicyclic) bond motifs is 5. The van der Waals surface area contributed by atoms with Gasteiger partial charge in [0.05, 0.1) is 29.9 Å². The average Bonchev–Trinajstić information content (AvgIpc) is 3.24. The molecule has 4 aliphatic carbocycles. The summed E-state index contributed by atoms with van der Waals surface area (Å²) in [6, 6.07) is 9.65. The molecule has 0 saturated heterocycles. The maximum absolute atomic E-state index is 13.6. The summed E-state index contributed by atoms with van der Waals surface area (Å²) in [5, 5.41) is 23.5. The molecule has 5 rings (SSSR count). The quantitative estimate of drug-likeness (QED) is 0.528. The number of carbonyl (C=O) groups excluding carboxylic acids is 1. The van der Waals surface area contributed by atoms with Gasteiger partial charge in [-0.05, 0) is 124 Å². The van der Waals surface area contributed by atoms with Crippen molar-refractivity contribution in [2.75, 3.05) is 13.2 Å². The number of hydrogen-bond donors (Lipinski definition) is 2. The van der Waals surface area contributed by atoms with Crippen LogP contribution in [0, 0.1) is 52.3 Å². The molecule has 9 atom stereocenters. The lowest BCUT2D eigenvalue weighted by molar-refractivity contribution is -0.139. The summed E-state index contributed by atoms with van der Waals surface area (Å²) in [7, 11) is 0. The van der Waals surface area contributed by atoms with Crippen LogP contribution in [-0.2, 0) is 9.53 Å². The number of benzene rings is 1. The molecule has 5 heteroatoms. The van der Waals surface area contributed by atoms with Gasteiger partial charge < -0.3 is 15.2 Å². The largest absolute Gasteiger partial charge is 0.387 e. The van der Waals surface area contributed by atoms with Crippen LogP contribution in [-0.4, -0.2) is 29.8 Å². The van der Waals surface area contributed by atoms with Crippen molar-refractivity contribution in [2.45, 2.75) is 90.2 Å². The Balaban J connectivity index is 1.23. The second-order valence-electron chi connectivity index (χ2n) is 12.7. The van der Waals surface area contributed by atoms with E-state index in [1.54, 1.807) is 0 Å². The Morgan fingerprint density at radius 2 is 1.86 bits per heavy atom. The number of rotatable bonds is 6. The molecule has 1 amide bonds. The smallest absolute Gasteiger partial charge is 0.224 e. The maximum atomic E-state index is 13.6. The van der Waals surface area contributed by atoms with Gasteiger partial charge in [-0.15, -0.1) is 0 Å². The molecule has 4 aliphatic rings. The first kappa shape index (κ1) is 25.7. The van der Waals surface area contributed by atoms with Crippen molar-refractivity contribution in [1.29, 1.82) is 5.26 Å². The van der Waals surface area contributed by atoms with E-state index < -0.39 is 5.60 Å². The monoisotopic (exact) mass is 492 g/mol. The van der Waals surface area contributed by atoms with Gasteiger partial charge in [-0.3, -0.25) is 4.79 Å². The molecule has 0 aliphatic heterocycles. The molecule has 4 saturated carbocycles. The van der Waals surface area contributed by atoms with Crippen LogP contribution in [0.1, 0.15) is 95.7 Å². The summed E-state index contributed by atoms with van der Waals surface area (Å²) in [4.78, 5) is 13.6. The summed E-state index contributed by atoms with van der Waals surface area (Å²) in [5.74, 6) is 3.80. The lowest BCUT2D eigenvalue weighted by atomic mass is 9.49. The Kier molecular flexibility index (Phi) is 7.22. The molecule has 4 fully saturated rings. The summed E-state index contributed by atoms with van der Waals surface area (Å²) in [5.41, 5.74) is 1.15. The van der Waals surface area contributed by atoms with E-state index >= 15 is 0 Å². The molecule has 0 unspecified atom stereocenters. The minimum absolute atomic E-state index is 0.0580. The van der Waals surface area contributed by atoms with Gasteiger partial charge in [0.1, 0.15) is 0 Å². The van der Waals surface area contributed by atoms with Crippen molar-refractivity contribution in [3.8, 4) is 6.07 Å². The molecule has 0 bridgehead atoms. The third kappa shape index (κ3) is 4.61. The fourth-order valence-electron chi connectivity index (χ4n) is 9.06. The zero-order chi connectivity index (χ0) is 25.5. The van der Waals surface area contributed by atoms with Gasteiger partial charge >= 0.3 is 0 Å². The number of hydrogen-bond acceptors (Lipinski definition) is 4. The molecule has 36 heavy (non-hydrogen) atoms. The van der Waals surface area contributed by atoms with Crippen molar-refractivity contribution in [3.05, 3.63) is 35.4 Å². The summed E-state index contributed by atoms with van der Waals surface area (Å²) in [6.07, 6.45) is 9.94. The van der Waals surface area contributed by atoms with Crippen molar-refractivity contribution in [3.63, 3.8) is 0 Å². The highest BCUT2D eigenvalue weighted by Gasteiger charge is 2.59. The van der Waals surface area contributed by atoms with E-state index in [9.17, 15) is 9.90 Å². The lowest BCUT2D eigenvalue weighted by Crippen LogP contribution is -2.53. The van der Waals surface area contributed by atoms with Crippen molar-refractivity contribution < 1.29 is 14.6 Å². The summed E-state index contributed by atoms with van der Waals surface area (Å²) >= 11 is 0. The molecule has 0 spiro atoms. The Morgan fingerprint density at radius 3 is 2.58 bits per heavy atom. The first-order valence-electron chi connectivity index (χ1n) is 14.4. The van der Waals surface area contributed by atoms with E-state index in [2.05, 4.69) is 18.3 Å². The Labute approximate surface area is 217 Å². The molecule has 0 aromatic heterocycles. The van der Waals surface area contributed by atoms with Crippen LogP contribution in [0.3, 0.4) is 0 Å². The molecule has 0 radical (unpaired) electrons. The standard InChI is InChI=1S/C31H44N2O3/c1-4-36-19-31(35)16-14-24-23(17-31)9-10-26-25(24)13-15-30(3)27(26)11-12-28(30)29(34)33-20(2)22-7-5-21(18-32)6-8-22/h5-8,20,23-28,35H,4,9-17,19H2,1-3H3,(H,33,34)/t20-,23-,24+,25-,26-,27+,28-,30+,31-/m1/s1. The molecule has 5 nitrogen and oxygen atoms in total. The third-order valence-corrected chi connectivity index (χ3v) is 10.9. The molecule has 0 heterocycles. The first-order valence-corrected chi connectivity index (χ1v) is 14.4. The SMILES string of the molecule is CCOC[C@@]1(O)CC[C@H]2[C@H](CC[C@@H]3[C@@H]2CC[C@]2(C)[C@@H](C(=O)N[C@H](C)c4ccc(C#N)cc4)CC[C@@H]32)C1. The van der Waals surface area contributed by atoms with Gasteiger partial charge in [0.2, 0.25) is 5.91 Å². The number of ether oxygens (including phenoxy) is 1. The normalized spacial score (nSPS) is 40.3. The van der Waals surface area contributed by atoms with Crippen molar-refractivity contribution in [1.82, 2.24) is 5.32 Å². The molecule has 1 aromatic rings. The topological polar surface area (TPSA) is 82.3 Å². The second-order valence-corrected chi connectivity index (χ2v) is 12.7. The number of carbonyl (C=O) groups is 1. The van der Waals surface area contributed by atoms with Crippen LogP contribution < -0.4 is 5.32 Å². The van der Waals surface area contributed by atoms with Crippen LogP contribution in [0.15, 0.2) is 24.3 Å². The van der Waals surface area contributed by atoms with Gasteiger partial charge in [0.15, 0.2) is 0 Å². The summed E-state index contributed by atoms with van der Waals surface area (Å²) < 4.78 is 5.63. The van der Waals surface area contributed by atoms with E-state index in [0.717, 1.165) is 55.4 Å². The average molecular weight is 493 g/mol. The van der Waals surface area contributed by atoms with Crippen molar-refractivity contribution >= 4 is 5.91 Å². The van der Waals surface area contributed by atoms with Gasteiger partial charge in [0.25, 0.3) is 0 Å². The highest BCUT2D eigenvalue weighted by molar-refractivity contribution is 5.80.